The van der Waals surface area contributed by atoms with Crippen molar-refractivity contribution in [3.63, 3.8) is 0 Å². The van der Waals surface area contributed by atoms with E-state index in [4.69, 9.17) is 9.15 Å². The third kappa shape index (κ3) is 3.57. The molecule has 30 heavy (non-hydrogen) atoms. The van der Waals surface area contributed by atoms with Crippen LogP contribution in [0.25, 0.3) is 0 Å². The van der Waals surface area contributed by atoms with Crippen LogP contribution in [0.15, 0.2) is 59.2 Å². The van der Waals surface area contributed by atoms with E-state index in [2.05, 4.69) is 5.32 Å². The third-order valence-electron chi connectivity index (χ3n) is 5.05. The van der Waals surface area contributed by atoms with E-state index in [-0.39, 0.29) is 23.6 Å². The molecule has 0 unspecified atom stereocenters. The third-order valence-corrected chi connectivity index (χ3v) is 5.05. The number of rotatable bonds is 6. The van der Waals surface area contributed by atoms with Gasteiger partial charge >= 0.3 is 0 Å². The fraction of sp³-hybridized carbons (Fsp3) is 0.174. The molecule has 3 amide bonds. The van der Waals surface area contributed by atoms with E-state index < -0.39 is 11.8 Å². The minimum atomic E-state index is -0.440. The van der Waals surface area contributed by atoms with E-state index in [9.17, 15) is 14.4 Å². The predicted octanol–water partition coefficient (Wildman–Crippen LogP) is 3.32. The quantitative estimate of drug-likeness (QED) is 0.637. The van der Waals surface area contributed by atoms with Gasteiger partial charge in [0.25, 0.3) is 17.7 Å². The molecule has 1 aliphatic rings. The second-order valence-electron chi connectivity index (χ2n) is 7.02. The maximum Gasteiger partial charge on any atom is 0.261 e. The zero-order valence-electron chi connectivity index (χ0n) is 16.6. The monoisotopic (exact) mass is 404 g/mol. The lowest BCUT2D eigenvalue weighted by Crippen LogP contribution is -2.28. The van der Waals surface area contributed by atoms with Gasteiger partial charge in [-0.05, 0) is 54.4 Å². The molecule has 152 valence electrons. The van der Waals surface area contributed by atoms with Crippen molar-refractivity contribution in [2.45, 2.75) is 20.0 Å². The van der Waals surface area contributed by atoms with Gasteiger partial charge in [0.2, 0.25) is 0 Å². The summed E-state index contributed by atoms with van der Waals surface area (Å²) in [6.45, 7) is 2.30. The summed E-state index contributed by atoms with van der Waals surface area (Å²) in [7, 11) is 1.60. The molecule has 7 heteroatoms. The fourth-order valence-corrected chi connectivity index (χ4v) is 3.39. The molecule has 2 aromatic carbocycles. The Labute approximate surface area is 173 Å². The van der Waals surface area contributed by atoms with Crippen molar-refractivity contribution in [2.75, 3.05) is 7.11 Å². The Kier molecular flexibility index (Phi) is 5.10. The molecule has 1 aromatic heterocycles. The Morgan fingerprint density at radius 2 is 1.87 bits per heavy atom. The van der Waals surface area contributed by atoms with Gasteiger partial charge in [0.15, 0.2) is 0 Å². The highest BCUT2D eigenvalue weighted by Crippen LogP contribution is 2.26. The summed E-state index contributed by atoms with van der Waals surface area (Å²) in [6.07, 6.45) is 1.49. The van der Waals surface area contributed by atoms with E-state index in [1.807, 2.05) is 25.1 Å². The molecule has 0 radical (unpaired) electrons. The average Bonchev–Trinajstić information content (AvgIpc) is 3.35. The lowest BCUT2D eigenvalue weighted by atomic mass is 10.1. The van der Waals surface area contributed by atoms with Gasteiger partial charge < -0.3 is 14.5 Å². The molecular formula is C23H20N2O5. The van der Waals surface area contributed by atoms with E-state index in [0.717, 1.165) is 21.8 Å². The minimum Gasteiger partial charge on any atom is -0.496 e. The lowest BCUT2D eigenvalue weighted by Gasteiger charge is -2.11. The number of carbonyl (C=O) groups excluding carboxylic acids is 3. The summed E-state index contributed by atoms with van der Waals surface area (Å²) in [5, 5.41) is 2.83. The number of carbonyl (C=O) groups is 3. The van der Waals surface area contributed by atoms with Crippen LogP contribution in [0.4, 0.5) is 0 Å². The number of fused-ring (bicyclic) bond motifs is 1. The highest BCUT2D eigenvalue weighted by atomic mass is 16.5. The van der Waals surface area contributed by atoms with Gasteiger partial charge in [0.05, 0.1) is 31.0 Å². The zero-order valence-corrected chi connectivity index (χ0v) is 16.6. The molecule has 0 saturated heterocycles. The molecule has 7 nitrogen and oxygen atoms in total. The Morgan fingerprint density at radius 3 is 2.60 bits per heavy atom. The van der Waals surface area contributed by atoms with Crippen molar-refractivity contribution in [3.8, 4) is 5.75 Å². The predicted molar refractivity (Wildman–Crippen MR) is 108 cm³/mol. The average molecular weight is 404 g/mol. The van der Waals surface area contributed by atoms with Crippen LogP contribution in [0.3, 0.4) is 0 Å². The molecule has 2 heterocycles. The highest BCUT2D eigenvalue weighted by Gasteiger charge is 2.36. The van der Waals surface area contributed by atoms with Crippen LogP contribution in [0.2, 0.25) is 0 Å². The molecule has 0 fully saturated rings. The number of furan rings is 1. The Balaban J connectivity index is 1.48. The summed E-state index contributed by atoms with van der Waals surface area (Å²) >= 11 is 0. The van der Waals surface area contributed by atoms with Gasteiger partial charge in [0.1, 0.15) is 11.5 Å². The van der Waals surface area contributed by atoms with Crippen LogP contribution >= 0.6 is 0 Å². The first-order valence-electron chi connectivity index (χ1n) is 9.42. The Morgan fingerprint density at radius 1 is 1.07 bits per heavy atom. The van der Waals surface area contributed by atoms with Crippen molar-refractivity contribution in [1.29, 1.82) is 0 Å². The number of hydrogen-bond acceptors (Lipinski definition) is 5. The smallest absolute Gasteiger partial charge is 0.261 e. The molecule has 0 aliphatic carbocycles. The van der Waals surface area contributed by atoms with Gasteiger partial charge in [-0.15, -0.1) is 0 Å². The molecule has 3 aromatic rings. The number of methoxy groups -OCH3 is 1. The number of imide groups is 1. The van der Waals surface area contributed by atoms with E-state index in [0.29, 0.717) is 17.9 Å². The van der Waals surface area contributed by atoms with Crippen LogP contribution < -0.4 is 10.1 Å². The number of nitrogens with zero attached hydrogens (tertiary/aromatic N) is 1. The van der Waals surface area contributed by atoms with Crippen LogP contribution in [0.1, 0.15) is 48.0 Å². The van der Waals surface area contributed by atoms with Gasteiger partial charge in [-0.2, -0.15) is 0 Å². The van der Waals surface area contributed by atoms with Gasteiger partial charge in [-0.25, -0.2) is 0 Å². The van der Waals surface area contributed by atoms with Crippen molar-refractivity contribution < 1.29 is 23.5 Å². The molecule has 1 N–H and O–H groups in total. The topological polar surface area (TPSA) is 88.8 Å². The molecule has 0 saturated carbocycles. The number of nitrogens with one attached hydrogen (secondary N) is 1. The van der Waals surface area contributed by atoms with Crippen LogP contribution in [0.5, 0.6) is 5.75 Å². The largest absolute Gasteiger partial charge is 0.496 e. The van der Waals surface area contributed by atoms with Crippen molar-refractivity contribution in [2.24, 2.45) is 0 Å². The first kappa shape index (κ1) is 19.4. The van der Waals surface area contributed by atoms with Gasteiger partial charge in [0, 0.05) is 12.1 Å². The second-order valence-corrected chi connectivity index (χ2v) is 7.02. The fourth-order valence-electron chi connectivity index (χ4n) is 3.39. The molecule has 1 aliphatic heterocycles. The van der Waals surface area contributed by atoms with Crippen LogP contribution in [-0.2, 0) is 13.1 Å². The molecule has 0 bridgehead atoms. The number of aryl methyl sites for hydroxylation is 1. The Hall–Kier alpha value is -3.87. The number of hydrogen-bond donors (Lipinski definition) is 1. The normalized spacial score (nSPS) is 12.8. The van der Waals surface area contributed by atoms with E-state index >= 15 is 0 Å². The first-order valence-corrected chi connectivity index (χ1v) is 9.42. The lowest BCUT2D eigenvalue weighted by molar-refractivity contribution is 0.0631. The van der Waals surface area contributed by atoms with Gasteiger partial charge in [-0.3, -0.25) is 19.3 Å². The SMILES string of the molecule is COc1cc(CNC(=O)c2ccc3c(c2)C(=O)N(Cc2ccco2)C3=O)ccc1C. The van der Waals surface area contributed by atoms with E-state index in [1.54, 1.807) is 25.3 Å². The summed E-state index contributed by atoms with van der Waals surface area (Å²) in [4.78, 5) is 39.0. The molecule has 4 rings (SSSR count). The summed E-state index contributed by atoms with van der Waals surface area (Å²) < 4.78 is 10.5. The van der Waals surface area contributed by atoms with Crippen molar-refractivity contribution in [1.82, 2.24) is 10.2 Å². The maximum atomic E-state index is 12.7. The Bertz CT molecular complexity index is 1130. The van der Waals surface area contributed by atoms with Crippen LogP contribution in [0, 0.1) is 6.92 Å². The number of amides is 3. The van der Waals surface area contributed by atoms with Crippen molar-refractivity contribution >= 4 is 17.7 Å². The number of benzene rings is 2. The number of ether oxygens (including phenoxy) is 1. The van der Waals surface area contributed by atoms with Crippen LogP contribution in [-0.4, -0.2) is 29.7 Å². The summed E-state index contributed by atoms with van der Waals surface area (Å²) in [6, 6.07) is 13.6. The van der Waals surface area contributed by atoms with Crippen molar-refractivity contribution in [3.05, 3.63) is 88.4 Å². The maximum absolute atomic E-state index is 12.7. The molecular weight excluding hydrogens is 384 g/mol. The minimum absolute atomic E-state index is 0.0517. The first-order chi connectivity index (χ1) is 14.5. The van der Waals surface area contributed by atoms with Gasteiger partial charge in [-0.1, -0.05) is 12.1 Å². The standard InChI is InChI=1S/C23H20N2O5/c1-14-5-6-15(10-20(14)29-2)12-24-21(26)16-7-8-18-19(11-16)23(28)25(22(18)27)13-17-4-3-9-30-17/h3-11H,12-13H2,1-2H3,(H,24,26). The second kappa shape index (κ2) is 7.87. The summed E-state index contributed by atoms with van der Waals surface area (Å²) in [5.41, 5.74) is 2.72. The zero-order chi connectivity index (χ0) is 21.3. The van der Waals surface area contributed by atoms with E-state index in [1.165, 1.54) is 18.4 Å². The summed E-state index contributed by atoms with van der Waals surface area (Å²) in [5.74, 6) is 0.0903. The molecule has 0 spiro atoms. The molecule has 0 atom stereocenters. The highest BCUT2D eigenvalue weighted by molar-refractivity contribution is 6.22.